The summed E-state index contributed by atoms with van der Waals surface area (Å²) in [6.07, 6.45) is 3.65. The zero-order valence-corrected chi connectivity index (χ0v) is 11.3. The Morgan fingerprint density at radius 1 is 1.53 bits per heavy atom. The minimum atomic E-state index is -0.424. The van der Waals surface area contributed by atoms with Crippen LogP contribution < -0.4 is 10.1 Å². The highest BCUT2D eigenvalue weighted by atomic mass is 16.6. The first-order valence-corrected chi connectivity index (χ1v) is 6.55. The molecule has 1 saturated carbocycles. The lowest BCUT2D eigenvalue weighted by Crippen LogP contribution is -2.17. The van der Waals surface area contributed by atoms with Crippen LogP contribution in [0.1, 0.15) is 26.2 Å². The van der Waals surface area contributed by atoms with E-state index in [1.165, 1.54) is 38.5 Å². The molecule has 0 spiro atoms. The first-order chi connectivity index (χ1) is 9.11. The summed E-state index contributed by atoms with van der Waals surface area (Å²) in [5.74, 6) is 1.90. The van der Waals surface area contributed by atoms with Crippen LogP contribution in [0.4, 0.5) is 11.5 Å². The van der Waals surface area contributed by atoms with Crippen LogP contribution in [0.2, 0.25) is 0 Å². The Morgan fingerprint density at radius 2 is 2.32 bits per heavy atom. The van der Waals surface area contributed by atoms with Crippen molar-refractivity contribution in [2.45, 2.75) is 26.2 Å². The molecule has 0 bridgehead atoms. The molecule has 1 heterocycles. The molecule has 1 fully saturated rings. The smallest absolute Gasteiger partial charge is 0.311 e. The van der Waals surface area contributed by atoms with Gasteiger partial charge in [-0.25, -0.2) is 0 Å². The van der Waals surface area contributed by atoms with Crippen LogP contribution >= 0.6 is 0 Å². The number of rotatable bonds is 5. The average Bonchev–Trinajstić information content (AvgIpc) is 2.81. The summed E-state index contributed by atoms with van der Waals surface area (Å²) >= 11 is 0. The minimum absolute atomic E-state index is 0.00792. The van der Waals surface area contributed by atoms with E-state index in [1.54, 1.807) is 0 Å². The molecule has 2 atom stereocenters. The Bertz CT molecular complexity index is 464. The van der Waals surface area contributed by atoms with Crippen LogP contribution in [0, 0.1) is 22.0 Å². The molecule has 2 unspecified atom stereocenters. The number of nitrogens with zero attached hydrogens (tertiary/aromatic N) is 2. The van der Waals surface area contributed by atoms with Gasteiger partial charge < -0.3 is 10.1 Å². The maximum Gasteiger partial charge on any atom is 0.311 e. The van der Waals surface area contributed by atoms with Crippen molar-refractivity contribution in [2.75, 3.05) is 19.0 Å². The van der Waals surface area contributed by atoms with Gasteiger partial charge in [-0.3, -0.25) is 10.1 Å². The molecule has 0 amide bonds. The van der Waals surface area contributed by atoms with Gasteiger partial charge in [-0.05, 0) is 18.3 Å². The lowest BCUT2D eigenvalue weighted by atomic mass is 9.98. The molecule has 0 aromatic carbocycles. The van der Waals surface area contributed by atoms with E-state index < -0.39 is 4.92 Å². The number of aromatic nitrogens is 1. The van der Waals surface area contributed by atoms with Crippen molar-refractivity contribution in [3.8, 4) is 5.88 Å². The zero-order valence-electron chi connectivity index (χ0n) is 11.3. The summed E-state index contributed by atoms with van der Waals surface area (Å²) in [5, 5.41) is 14.1. The normalized spacial score (nSPS) is 22.2. The highest BCUT2D eigenvalue weighted by Gasteiger charge is 2.24. The molecular weight excluding hydrogens is 246 g/mol. The van der Waals surface area contributed by atoms with Gasteiger partial charge in [0.2, 0.25) is 11.7 Å². The predicted octanol–water partition coefficient (Wildman–Crippen LogP) is 2.85. The molecule has 0 saturated heterocycles. The van der Waals surface area contributed by atoms with Crippen molar-refractivity contribution in [1.29, 1.82) is 0 Å². The van der Waals surface area contributed by atoms with Gasteiger partial charge >= 0.3 is 5.69 Å². The number of hydrogen-bond acceptors (Lipinski definition) is 5. The Kier molecular flexibility index (Phi) is 4.19. The second-order valence-corrected chi connectivity index (χ2v) is 5.03. The van der Waals surface area contributed by atoms with E-state index in [-0.39, 0.29) is 5.69 Å². The summed E-state index contributed by atoms with van der Waals surface area (Å²) < 4.78 is 5.01. The molecule has 1 aliphatic carbocycles. The molecule has 0 aliphatic heterocycles. The second-order valence-electron chi connectivity index (χ2n) is 5.03. The molecule has 6 nitrogen and oxygen atoms in total. The Morgan fingerprint density at radius 3 is 2.89 bits per heavy atom. The van der Waals surface area contributed by atoms with Crippen molar-refractivity contribution in [3.05, 3.63) is 22.2 Å². The maximum absolute atomic E-state index is 11.0. The van der Waals surface area contributed by atoms with Crippen LogP contribution in [0.25, 0.3) is 0 Å². The predicted molar refractivity (Wildman–Crippen MR) is 72.4 cm³/mol. The van der Waals surface area contributed by atoms with Crippen molar-refractivity contribution in [3.63, 3.8) is 0 Å². The van der Waals surface area contributed by atoms with Gasteiger partial charge in [0.25, 0.3) is 0 Å². The number of hydrogen-bond donors (Lipinski definition) is 1. The number of pyridine rings is 1. The fourth-order valence-corrected chi connectivity index (χ4v) is 2.58. The monoisotopic (exact) mass is 265 g/mol. The number of methoxy groups -OCH3 is 1. The Hall–Kier alpha value is -1.85. The lowest BCUT2D eigenvalue weighted by Gasteiger charge is -2.16. The van der Waals surface area contributed by atoms with Gasteiger partial charge in [-0.2, -0.15) is 4.98 Å². The minimum Gasteiger partial charge on any atom is -0.481 e. The van der Waals surface area contributed by atoms with E-state index >= 15 is 0 Å². The standard InChI is InChI=1S/C13H19N3O3/c1-9-4-3-5-10(9)8-14-13-11(16(17)18)6-7-12(15-13)19-2/h6-7,9-10H,3-5,8H2,1-2H3,(H,14,15). The molecule has 1 aliphatic rings. The third-order valence-corrected chi connectivity index (χ3v) is 3.83. The number of nitro groups is 1. The molecule has 19 heavy (non-hydrogen) atoms. The first-order valence-electron chi connectivity index (χ1n) is 6.55. The van der Waals surface area contributed by atoms with Crippen molar-refractivity contribution < 1.29 is 9.66 Å². The van der Waals surface area contributed by atoms with Crippen LogP contribution in [0.15, 0.2) is 12.1 Å². The van der Waals surface area contributed by atoms with Crippen LogP contribution in [0.5, 0.6) is 5.88 Å². The fourth-order valence-electron chi connectivity index (χ4n) is 2.58. The average molecular weight is 265 g/mol. The Labute approximate surface area is 112 Å². The van der Waals surface area contributed by atoms with Crippen LogP contribution in [0.3, 0.4) is 0 Å². The van der Waals surface area contributed by atoms with Gasteiger partial charge in [0.15, 0.2) is 0 Å². The molecule has 1 aromatic rings. The SMILES string of the molecule is COc1ccc([N+](=O)[O-])c(NCC2CCCC2C)n1. The summed E-state index contributed by atoms with van der Waals surface area (Å²) in [5.41, 5.74) is -0.00792. The fraction of sp³-hybridized carbons (Fsp3) is 0.615. The molecule has 1 aromatic heterocycles. The maximum atomic E-state index is 11.0. The molecule has 0 radical (unpaired) electrons. The van der Waals surface area contributed by atoms with Crippen molar-refractivity contribution in [1.82, 2.24) is 4.98 Å². The van der Waals surface area contributed by atoms with Gasteiger partial charge in [-0.15, -0.1) is 0 Å². The molecular formula is C13H19N3O3. The van der Waals surface area contributed by atoms with E-state index in [2.05, 4.69) is 17.2 Å². The lowest BCUT2D eigenvalue weighted by molar-refractivity contribution is -0.384. The Balaban J connectivity index is 2.10. The quantitative estimate of drug-likeness (QED) is 0.654. The van der Waals surface area contributed by atoms with Gasteiger partial charge in [-0.1, -0.05) is 19.8 Å². The topological polar surface area (TPSA) is 77.3 Å². The van der Waals surface area contributed by atoms with Crippen LogP contribution in [-0.2, 0) is 0 Å². The van der Waals surface area contributed by atoms with E-state index in [0.717, 1.165) is 6.54 Å². The van der Waals surface area contributed by atoms with Gasteiger partial charge in [0.05, 0.1) is 12.0 Å². The number of ether oxygens (including phenoxy) is 1. The number of nitrogens with one attached hydrogen (secondary N) is 1. The second kappa shape index (κ2) is 5.86. The summed E-state index contributed by atoms with van der Waals surface area (Å²) in [4.78, 5) is 14.7. The summed E-state index contributed by atoms with van der Waals surface area (Å²) in [6.45, 7) is 2.95. The van der Waals surface area contributed by atoms with Crippen molar-refractivity contribution in [2.24, 2.45) is 11.8 Å². The highest BCUT2D eigenvalue weighted by Crippen LogP contribution is 2.32. The third-order valence-electron chi connectivity index (χ3n) is 3.83. The third kappa shape index (κ3) is 3.13. The van der Waals surface area contributed by atoms with Crippen LogP contribution in [-0.4, -0.2) is 23.6 Å². The summed E-state index contributed by atoms with van der Waals surface area (Å²) in [7, 11) is 1.50. The summed E-state index contributed by atoms with van der Waals surface area (Å²) in [6, 6.07) is 2.92. The molecule has 1 N–H and O–H groups in total. The zero-order chi connectivity index (χ0) is 13.8. The van der Waals surface area contributed by atoms with Gasteiger partial charge in [0, 0.05) is 18.7 Å². The van der Waals surface area contributed by atoms with E-state index in [9.17, 15) is 10.1 Å². The first kappa shape index (κ1) is 13.6. The molecule has 104 valence electrons. The highest BCUT2D eigenvalue weighted by molar-refractivity contribution is 5.57. The largest absolute Gasteiger partial charge is 0.481 e. The van der Waals surface area contributed by atoms with E-state index in [4.69, 9.17) is 4.74 Å². The van der Waals surface area contributed by atoms with Crippen molar-refractivity contribution >= 4 is 11.5 Å². The van der Waals surface area contributed by atoms with E-state index in [1.807, 2.05) is 0 Å². The molecule has 2 rings (SSSR count). The van der Waals surface area contributed by atoms with E-state index in [0.29, 0.717) is 23.5 Å². The molecule has 6 heteroatoms. The van der Waals surface area contributed by atoms with Gasteiger partial charge in [0.1, 0.15) is 0 Å². The number of anilines is 1.